The summed E-state index contributed by atoms with van der Waals surface area (Å²) in [5, 5.41) is 0. The van der Waals surface area contributed by atoms with Crippen LogP contribution in [0.3, 0.4) is 0 Å². The number of benzene rings is 2. The fourth-order valence-electron chi connectivity index (χ4n) is 2.67. The van der Waals surface area contributed by atoms with Crippen LogP contribution < -0.4 is 21.9 Å². The molecule has 1 aromatic heterocycles. The molecule has 26 heavy (non-hydrogen) atoms. The highest BCUT2D eigenvalue weighted by atomic mass is 35.5. The Morgan fingerprint density at radius 3 is 1.85 bits per heavy atom. The molecule has 0 spiro atoms. The zero-order valence-electron chi connectivity index (χ0n) is 15.6. The van der Waals surface area contributed by atoms with Crippen molar-refractivity contribution >= 4 is 17.8 Å². The van der Waals surface area contributed by atoms with Gasteiger partial charge in [-0.15, -0.1) is 0 Å². The van der Waals surface area contributed by atoms with E-state index in [0.29, 0.717) is 0 Å². The van der Waals surface area contributed by atoms with Crippen LogP contribution in [-0.2, 0) is 6.54 Å². The summed E-state index contributed by atoms with van der Waals surface area (Å²) in [7, 11) is 4.11. The Hall–Kier alpha value is -2.58. The molecule has 0 unspecified atom stereocenters. The molecule has 0 saturated heterocycles. The van der Waals surface area contributed by atoms with Crippen LogP contribution in [0.2, 0.25) is 0 Å². The van der Waals surface area contributed by atoms with Crippen LogP contribution in [0.25, 0.3) is 12.2 Å². The molecule has 0 aliphatic rings. The normalized spacial score (nSPS) is 10.6. The lowest BCUT2D eigenvalue weighted by Gasteiger charge is -2.11. The minimum atomic E-state index is 0. The van der Waals surface area contributed by atoms with Gasteiger partial charge in [-0.05, 0) is 30.2 Å². The van der Waals surface area contributed by atoms with Crippen molar-refractivity contribution in [3.8, 4) is 0 Å². The summed E-state index contributed by atoms with van der Waals surface area (Å²) in [6.07, 6.45) is 8.57. The molecule has 0 fully saturated rings. The lowest BCUT2D eigenvalue weighted by atomic mass is 10.1. The second-order valence-corrected chi connectivity index (χ2v) is 6.61. The number of pyridine rings is 1. The second-order valence-electron chi connectivity index (χ2n) is 6.61. The molecule has 0 atom stereocenters. The fraction of sp³-hybridized carbons (Fsp3) is 0.174. The van der Waals surface area contributed by atoms with Crippen LogP contribution in [0, 0.1) is 6.92 Å². The summed E-state index contributed by atoms with van der Waals surface area (Å²) in [4.78, 5) is 2.11. The van der Waals surface area contributed by atoms with Crippen molar-refractivity contribution in [2.45, 2.75) is 13.5 Å². The minimum Gasteiger partial charge on any atom is -1.00 e. The first kappa shape index (κ1) is 19.7. The van der Waals surface area contributed by atoms with Gasteiger partial charge in [-0.25, -0.2) is 4.57 Å². The third-order valence-electron chi connectivity index (χ3n) is 4.28. The summed E-state index contributed by atoms with van der Waals surface area (Å²) < 4.78 is 2.20. The largest absolute Gasteiger partial charge is 1.00 e. The fourth-order valence-corrected chi connectivity index (χ4v) is 2.67. The molecule has 3 heteroatoms. The molecule has 0 N–H and O–H groups in total. The molecule has 2 nitrogen and oxygen atoms in total. The van der Waals surface area contributed by atoms with Crippen molar-refractivity contribution in [1.82, 2.24) is 0 Å². The Balaban J connectivity index is 0.00000243. The summed E-state index contributed by atoms with van der Waals surface area (Å²) in [5.74, 6) is 0. The average molecular weight is 365 g/mol. The van der Waals surface area contributed by atoms with E-state index in [1.807, 2.05) is 0 Å². The zero-order chi connectivity index (χ0) is 17.6. The molecule has 0 radical (unpaired) electrons. The molecule has 2 aromatic carbocycles. The molecule has 3 aromatic rings. The van der Waals surface area contributed by atoms with Gasteiger partial charge >= 0.3 is 0 Å². The Labute approximate surface area is 162 Å². The van der Waals surface area contributed by atoms with Crippen molar-refractivity contribution in [2.24, 2.45) is 0 Å². The van der Waals surface area contributed by atoms with Gasteiger partial charge in [-0.2, -0.15) is 0 Å². The SMILES string of the molecule is Cc1ccc(C[n+]2ccc(C=Cc3ccc(N(C)C)cc3)cc2)cc1.[Cl-]. The van der Waals surface area contributed by atoms with Crippen molar-refractivity contribution in [2.75, 3.05) is 19.0 Å². The van der Waals surface area contributed by atoms with E-state index in [1.165, 1.54) is 27.9 Å². The van der Waals surface area contributed by atoms with Crippen molar-refractivity contribution in [3.05, 3.63) is 95.3 Å². The van der Waals surface area contributed by atoms with E-state index in [4.69, 9.17) is 0 Å². The molecule has 3 rings (SSSR count). The quantitative estimate of drug-likeness (QED) is 0.623. The topological polar surface area (TPSA) is 7.12 Å². The minimum absolute atomic E-state index is 0. The standard InChI is InChI=1S/C23H25N2.ClH/c1-19-4-6-22(7-5-19)18-25-16-14-21(15-17-25)9-8-20-10-12-23(13-11-20)24(2)3;/h4-17H,18H2,1-3H3;1H/q+1;/p-1. The number of rotatable bonds is 5. The van der Waals surface area contributed by atoms with E-state index in [-0.39, 0.29) is 12.4 Å². The summed E-state index contributed by atoms with van der Waals surface area (Å²) >= 11 is 0. The second kappa shape index (κ2) is 9.21. The smallest absolute Gasteiger partial charge is 0.173 e. The highest BCUT2D eigenvalue weighted by Gasteiger charge is 2.02. The average Bonchev–Trinajstić information content (AvgIpc) is 2.63. The van der Waals surface area contributed by atoms with Gasteiger partial charge < -0.3 is 17.3 Å². The number of aryl methyl sites for hydroxylation is 1. The maximum absolute atomic E-state index is 2.20. The van der Waals surface area contributed by atoms with E-state index < -0.39 is 0 Å². The van der Waals surface area contributed by atoms with Gasteiger partial charge in [0.05, 0.1) is 0 Å². The number of hydrogen-bond acceptors (Lipinski definition) is 1. The number of halogens is 1. The van der Waals surface area contributed by atoms with E-state index in [1.54, 1.807) is 0 Å². The monoisotopic (exact) mass is 364 g/mol. The Morgan fingerprint density at radius 2 is 1.31 bits per heavy atom. The molecule has 0 aliphatic heterocycles. The van der Waals surface area contributed by atoms with Crippen LogP contribution in [0.4, 0.5) is 5.69 Å². The predicted octanol–water partition coefficient (Wildman–Crippen LogP) is 1.57. The maximum atomic E-state index is 2.20. The van der Waals surface area contributed by atoms with E-state index >= 15 is 0 Å². The van der Waals surface area contributed by atoms with E-state index in [9.17, 15) is 0 Å². The highest BCUT2D eigenvalue weighted by Crippen LogP contribution is 2.14. The van der Waals surface area contributed by atoms with E-state index in [0.717, 1.165) is 6.54 Å². The Bertz CT molecular complexity index is 833. The van der Waals surface area contributed by atoms with Crippen LogP contribution in [0.5, 0.6) is 0 Å². The van der Waals surface area contributed by atoms with Gasteiger partial charge in [0.1, 0.15) is 0 Å². The van der Waals surface area contributed by atoms with Gasteiger partial charge in [-0.1, -0.05) is 54.1 Å². The van der Waals surface area contributed by atoms with Crippen LogP contribution in [0.15, 0.2) is 73.1 Å². The third-order valence-corrected chi connectivity index (χ3v) is 4.28. The van der Waals surface area contributed by atoms with Crippen molar-refractivity contribution in [3.63, 3.8) is 0 Å². The molecule has 1 heterocycles. The highest BCUT2D eigenvalue weighted by molar-refractivity contribution is 5.70. The van der Waals surface area contributed by atoms with Crippen molar-refractivity contribution < 1.29 is 17.0 Å². The predicted molar refractivity (Wildman–Crippen MR) is 107 cm³/mol. The number of aromatic nitrogens is 1. The third kappa shape index (κ3) is 5.47. The summed E-state index contributed by atoms with van der Waals surface area (Å²) in [5.41, 5.74) is 6.25. The molecular weight excluding hydrogens is 340 g/mol. The first-order chi connectivity index (χ1) is 12.1. The van der Waals surface area contributed by atoms with Gasteiger partial charge in [0.2, 0.25) is 0 Å². The van der Waals surface area contributed by atoms with Gasteiger partial charge in [-0.3, -0.25) is 0 Å². The zero-order valence-corrected chi connectivity index (χ0v) is 16.3. The van der Waals surface area contributed by atoms with Gasteiger partial charge in [0.15, 0.2) is 18.9 Å². The number of nitrogens with zero attached hydrogens (tertiary/aromatic N) is 2. The lowest BCUT2D eigenvalue weighted by molar-refractivity contribution is -0.688. The van der Waals surface area contributed by atoms with Crippen LogP contribution in [-0.4, -0.2) is 14.1 Å². The molecule has 0 amide bonds. The first-order valence-electron chi connectivity index (χ1n) is 8.60. The summed E-state index contributed by atoms with van der Waals surface area (Å²) in [6, 6.07) is 21.6. The number of anilines is 1. The maximum Gasteiger partial charge on any atom is 0.173 e. The lowest BCUT2D eigenvalue weighted by Crippen LogP contribution is -3.00. The van der Waals surface area contributed by atoms with Crippen LogP contribution >= 0.6 is 0 Å². The molecule has 134 valence electrons. The van der Waals surface area contributed by atoms with E-state index in [2.05, 4.69) is 116 Å². The summed E-state index contributed by atoms with van der Waals surface area (Å²) in [6.45, 7) is 3.02. The molecule has 0 saturated carbocycles. The van der Waals surface area contributed by atoms with Crippen molar-refractivity contribution in [1.29, 1.82) is 0 Å². The Morgan fingerprint density at radius 1 is 0.769 bits per heavy atom. The van der Waals surface area contributed by atoms with Crippen LogP contribution in [0.1, 0.15) is 22.3 Å². The van der Waals surface area contributed by atoms with Gasteiger partial charge in [0, 0.05) is 37.5 Å². The number of hydrogen-bond donors (Lipinski definition) is 0. The molecule has 0 bridgehead atoms. The molecule has 0 aliphatic carbocycles. The molecular formula is C23H25ClN2. The Kier molecular flexibility index (Phi) is 6.99. The van der Waals surface area contributed by atoms with Gasteiger partial charge in [0.25, 0.3) is 0 Å². The first-order valence-corrected chi connectivity index (χ1v) is 8.60.